The molecule has 2 saturated heterocycles. The fourth-order valence-corrected chi connectivity index (χ4v) is 4.00. The molecule has 0 aliphatic carbocycles. The van der Waals surface area contributed by atoms with Crippen LogP contribution in [0.5, 0.6) is 0 Å². The van der Waals surface area contributed by atoms with Crippen molar-refractivity contribution in [1.82, 2.24) is 20.1 Å². The number of amides is 2. The number of rotatable bonds is 5. The molecule has 0 bridgehead atoms. The van der Waals surface area contributed by atoms with Gasteiger partial charge in [-0.2, -0.15) is 0 Å². The molecular formula is C19H31Cl2N5O2. The highest BCUT2D eigenvalue weighted by molar-refractivity contribution is 5.85. The lowest BCUT2D eigenvalue weighted by molar-refractivity contribution is -0.131. The molecule has 158 valence electrons. The zero-order valence-electron chi connectivity index (χ0n) is 16.1. The molecule has 1 unspecified atom stereocenters. The number of halogens is 2. The van der Waals surface area contributed by atoms with Crippen LogP contribution in [0.3, 0.4) is 0 Å². The van der Waals surface area contributed by atoms with Crippen molar-refractivity contribution < 1.29 is 9.59 Å². The maximum atomic E-state index is 12.6. The molecule has 2 aliphatic rings. The Balaban J connectivity index is 0.00000196. The molecule has 2 aliphatic heterocycles. The van der Waals surface area contributed by atoms with Crippen molar-refractivity contribution in [3.05, 3.63) is 30.1 Å². The molecule has 2 fully saturated rings. The van der Waals surface area contributed by atoms with Gasteiger partial charge in [-0.05, 0) is 43.9 Å². The largest absolute Gasteiger partial charge is 0.352 e. The van der Waals surface area contributed by atoms with Crippen LogP contribution < -0.4 is 11.1 Å². The van der Waals surface area contributed by atoms with Crippen LogP contribution in [-0.2, 0) is 16.1 Å². The molecular weight excluding hydrogens is 401 g/mol. The third-order valence-electron chi connectivity index (χ3n) is 5.52. The summed E-state index contributed by atoms with van der Waals surface area (Å²) in [5.74, 6) is 0.216. The van der Waals surface area contributed by atoms with E-state index in [0.29, 0.717) is 12.6 Å². The molecule has 2 amide bonds. The van der Waals surface area contributed by atoms with Crippen molar-refractivity contribution in [1.29, 1.82) is 0 Å². The monoisotopic (exact) mass is 431 g/mol. The first-order chi connectivity index (χ1) is 12.7. The number of nitrogens with two attached hydrogens (primary N) is 1. The molecule has 3 heterocycles. The summed E-state index contributed by atoms with van der Waals surface area (Å²) in [6.07, 6.45) is 7.44. The van der Waals surface area contributed by atoms with Gasteiger partial charge < -0.3 is 16.0 Å². The Kier molecular flexibility index (Phi) is 10.7. The van der Waals surface area contributed by atoms with Crippen LogP contribution >= 0.6 is 24.8 Å². The Morgan fingerprint density at radius 1 is 1.18 bits per heavy atom. The third kappa shape index (κ3) is 6.58. The van der Waals surface area contributed by atoms with Gasteiger partial charge in [0.2, 0.25) is 11.8 Å². The van der Waals surface area contributed by atoms with Gasteiger partial charge in [0.1, 0.15) is 0 Å². The molecule has 0 saturated carbocycles. The van der Waals surface area contributed by atoms with Crippen molar-refractivity contribution >= 4 is 36.6 Å². The average Bonchev–Trinajstić information content (AvgIpc) is 2.72. The van der Waals surface area contributed by atoms with Crippen LogP contribution in [0.15, 0.2) is 24.5 Å². The lowest BCUT2D eigenvalue weighted by Gasteiger charge is -2.42. The van der Waals surface area contributed by atoms with Gasteiger partial charge in [-0.3, -0.25) is 19.5 Å². The third-order valence-corrected chi connectivity index (χ3v) is 5.52. The number of carbonyl (C=O) groups is 2. The molecule has 28 heavy (non-hydrogen) atoms. The van der Waals surface area contributed by atoms with Gasteiger partial charge in [0.25, 0.3) is 0 Å². The van der Waals surface area contributed by atoms with Crippen molar-refractivity contribution in [2.75, 3.05) is 32.7 Å². The van der Waals surface area contributed by atoms with E-state index in [1.807, 2.05) is 17.0 Å². The molecule has 0 aromatic carbocycles. The summed E-state index contributed by atoms with van der Waals surface area (Å²) in [5.41, 5.74) is 6.47. The Morgan fingerprint density at radius 2 is 1.93 bits per heavy atom. The minimum atomic E-state index is 0. The smallest absolute Gasteiger partial charge is 0.236 e. The SMILES string of the molecule is Cl.Cl.NCC(=O)N1CCC(N2CCCC(C(=O)NCc3cccnc3)C2)CC1. The van der Waals surface area contributed by atoms with E-state index in [1.54, 1.807) is 12.4 Å². The van der Waals surface area contributed by atoms with E-state index in [9.17, 15) is 9.59 Å². The lowest BCUT2D eigenvalue weighted by atomic mass is 9.93. The lowest BCUT2D eigenvalue weighted by Crippen LogP contribution is -2.52. The standard InChI is InChI=1S/C19H29N5O2.2ClH/c20-11-18(25)23-9-5-17(6-10-23)24-8-2-4-16(14-24)19(26)22-13-15-3-1-7-21-12-15;;/h1,3,7,12,16-17H,2,4-6,8-11,13-14,20H2,(H,22,26);2*1H. The van der Waals surface area contributed by atoms with Gasteiger partial charge in [0.05, 0.1) is 12.5 Å². The summed E-state index contributed by atoms with van der Waals surface area (Å²) in [6.45, 7) is 4.02. The molecule has 7 nitrogen and oxygen atoms in total. The molecule has 3 N–H and O–H groups in total. The first kappa shape index (κ1) is 24.6. The molecule has 1 atom stereocenters. The average molecular weight is 432 g/mol. The Labute approximate surface area is 179 Å². The number of hydrogen-bond acceptors (Lipinski definition) is 5. The van der Waals surface area contributed by atoms with E-state index >= 15 is 0 Å². The van der Waals surface area contributed by atoms with E-state index in [2.05, 4.69) is 15.2 Å². The fraction of sp³-hybridized carbons (Fsp3) is 0.632. The topological polar surface area (TPSA) is 91.6 Å². The van der Waals surface area contributed by atoms with Crippen molar-refractivity contribution in [2.45, 2.75) is 38.3 Å². The summed E-state index contributed by atoms with van der Waals surface area (Å²) in [4.78, 5) is 32.6. The van der Waals surface area contributed by atoms with E-state index in [0.717, 1.165) is 57.4 Å². The van der Waals surface area contributed by atoms with E-state index < -0.39 is 0 Å². The van der Waals surface area contributed by atoms with Crippen LogP contribution in [0.25, 0.3) is 0 Å². The molecule has 9 heteroatoms. The second-order valence-corrected chi connectivity index (χ2v) is 7.23. The molecule has 0 radical (unpaired) electrons. The van der Waals surface area contributed by atoms with Crippen LogP contribution in [0.4, 0.5) is 0 Å². The number of hydrogen-bond donors (Lipinski definition) is 2. The Morgan fingerprint density at radius 3 is 2.57 bits per heavy atom. The Hall–Kier alpha value is -1.41. The predicted molar refractivity (Wildman–Crippen MR) is 114 cm³/mol. The molecule has 3 rings (SSSR count). The van der Waals surface area contributed by atoms with Gasteiger partial charge in [0.15, 0.2) is 0 Å². The van der Waals surface area contributed by atoms with Crippen molar-refractivity contribution in [3.8, 4) is 0 Å². The highest BCUT2D eigenvalue weighted by Gasteiger charge is 2.32. The fourth-order valence-electron chi connectivity index (χ4n) is 4.00. The zero-order chi connectivity index (χ0) is 18.4. The number of pyridine rings is 1. The normalized spacial score (nSPS) is 20.6. The van der Waals surface area contributed by atoms with E-state index in [4.69, 9.17) is 5.73 Å². The maximum absolute atomic E-state index is 12.6. The first-order valence-electron chi connectivity index (χ1n) is 9.56. The van der Waals surface area contributed by atoms with Gasteiger partial charge in [-0.15, -0.1) is 24.8 Å². The van der Waals surface area contributed by atoms with E-state index in [1.165, 1.54) is 0 Å². The maximum Gasteiger partial charge on any atom is 0.236 e. The first-order valence-corrected chi connectivity index (χ1v) is 9.56. The second kappa shape index (κ2) is 12.2. The Bertz CT molecular complexity index is 612. The summed E-state index contributed by atoms with van der Waals surface area (Å²) < 4.78 is 0. The van der Waals surface area contributed by atoms with E-state index in [-0.39, 0.29) is 49.1 Å². The van der Waals surface area contributed by atoms with Crippen molar-refractivity contribution in [2.24, 2.45) is 11.7 Å². The summed E-state index contributed by atoms with van der Waals surface area (Å²) in [7, 11) is 0. The summed E-state index contributed by atoms with van der Waals surface area (Å²) in [6, 6.07) is 4.31. The summed E-state index contributed by atoms with van der Waals surface area (Å²) >= 11 is 0. The number of piperidine rings is 2. The van der Waals surface area contributed by atoms with Crippen LogP contribution in [0.2, 0.25) is 0 Å². The van der Waals surface area contributed by atoms with Crippen LogP contribution in [0, 0.1) is 5.92 Å². The predicted octanol–water partition coefficient (Wildman–Crippen LogP) is 1.20. The minimum absolute atomic E-state index is 0. The highest BCUT2D eigenvalue weighted by Crippen LogP contribution is 2.24. The zero-order valence-corrected chi connectivity index (χ0v) is 17.7. The second-order valence-electron chi connectivity index (χ2n) is 7.23. The van der Waals surface area contributed by atoms with Gasteiger partial charge in [-0.25, -0.2) is 0 Å². The number of likely N-dealkylation sites (tertiary alicyclic amines) is 2. The highest BCUT2D eigenvalue weighted by atomic mass is 35.5. The van der Waals surface area contributed by atoms with Crippen LogP contribution in [0.1, 0.15) is 31.2 Å². The number of nitrogens with one attached hydrogen (secondary N) is 1. The minimum Gasteiger partial charge on any atom is -0.352 e. The molecule has 0 spiro atoms. The molecule has 1 aromatic heterocycles. The number of aromatic nitrogens is 1. The van der Waals surface area contributed by atoms with Crippen LogP contribution in [-0.4, -0.2) is 65.4 Å². The summed E-state index contributed by atoms with van der Waals surface area (Å²) in [5, 5.41) is 3.05. The van der Waals surface area contributed by atoms with Gasteiger partial charge in [0, 0.05) is 44.6 Å². The molecule has 1 aromatic rings. The number of nitrogens with zero attached hydrogens (tertiary/aromatic N) is 3. The van der Waals surface area contributed by atoms with Crippen molar-refractivity contribution in [3.63, 3.8) is 0 Å². The number of carbonyl (C=O) groups excluding carboxylic acids is 2. The van der Waals surface area contributed by atoms with Gasteiger partial charge >= 0.3 is 0 Å². The quantitative estimate of drug-likeness (QED) is 0.730. The van der Waals surface area contributed by atoms with Gasteiger partial charge in [-0.1, -0.05) is 6.07 Å².